The summed E-state index contributed by atoms with van der Waals surface area (Å²) >= 11 is 0. The number of amides is 1. The van der Waals surface area contributed by atoms with Gasteiger partial charge in [0.2, 0.25) is 0 Å². The highest BCUT2D eigenvalue weighted by atomic mass is 16.5. The summed E-state index contributed by atoms with van der Waals surface area (Å²) in [5.41, 5.74) is 6.56. The highest BCUT2D eigenvalue weighted by Gasteiger charge is 2.51. The Morgan fingerprint density at radius 2 is 2.17 bits per heavy atom. The zero-order valence-electron chi connectivity index (χ0n) is 10.6. The largest absolute Gasteiger partial charge is 0.478 e. The number of carbonyl (C=O) groups is 1. The molecule has 0 bridgehead atoms. The van der Waals surface area contributed by atoms with Gasteiger partial charge < -0.3 is 15.4 Å². The number of nitrogens with zero attached hydrogens (tertiary/aromatic N) is 1. The van der Waals surface area contributed by atoms with Gasteiger partial charge in [-0.15, -0.1) is 0 Å². The molecule has 0 spiro atoms. The summed E-state index contributed by atoms with van der Waals surface area (Å²) in [4.78, 5) is 14.1. The number of fused-ring (bicyclic) bond motifs is 1. The van der Waals surface area contributed by atoms with Crippen LogP contribution in [0.25, 0.3) is 0 Å². The number of benzene rings is 1. The van der Waals surface area contributed by atoms with E-state index in [0.29, 0.717) is 6.54 Å². The van der Waals surface area contributed by atoms with E-state index in [-0.39, 0.29) is 11.3 Å². The lowest BCUT2D eigenvalue weighted by atomic mass is 9.64. The predicted molar refractivity (Wildman–Crippen MR) is 69.6 cm³/mol. The summed E-state index contributed by atoms with van der Waals surface area (Å²) in [6.07, 6.45) is 2.68. The first kappa shape index (κ1) is 11.5. The Morgan fingerprint density at radius 3 is 2.78 bits per heavy atom. The monoisotopic (exact) mass is 246 g/mol. The van der Waals surface area contributed by atoms with E-state index in [1.807, 2.05) is 24.3 Å². The van der Waals surface area contributed by atoms with Crippen LogP contribution in [-0.2, 0) is 4.79 Å². The third kappa shape index (κ3) is 1.45. The minimum absolute atomic E-state index is 0.0267. The molecule has 0 saturated heterocycles. The third-order valence-electron chi connectivity index (χ3n) is 4.34. The topological polar surface area (TPSA) is 55.6 Å². The van der Waals surface area contributed by atoms with Gasteiger partial charge in [-0.3, -0.25) is 4.79 Å². The molecule has 2 N–H and O–H groups in total. The predicted octanol–water partition coefficient (Wildman–Crippen LogP) is 1.54. The van der Waals surface area contributed by atoms with Crippen LogP contribution in [0.2, 0.25) is 0 Å². The number of rotatable bonds is 2. The van der Waals surface area contributed by atoms with E-state index < -0.39 is 6.10 Å². The highest BCUT2D eigenvalue weighted by molar-refractivity contribution is 6.00. The number of hydrogen-bond donors (Lipinski definition) is 1. The van der Waals surface area contributed by atoms with Crippen LogP contribution in [0.1, 0.15) is 19.3 Å². The van der Waals surface area contributed by atoms with Gasteiger partial charge in [0.1, 0.15) is 5.75 Å². The maximum Gasteiger partial charge on any atom is 0.268 e. The average molecular weight is 246 g/mol. The van der Waals surface area contributed by atoms with Gasteiger partial charge in [-0.05, 0) is 25.0 Å². The lowest BCUT2D eigenvalue weighted by molar-refractivity contribution is -0.136. The zero-order chi connectivity index (χ0) is 12.8. The van der Waals surface area contributed by atoms with Crippen molar-refractivity contribution < 1.29 is 9.53 Å². The Bertz CT molecular complexity index is 477. The van der Waals surface area contributed by atoms with E-state index in [1.54, 1.807) is 11.9 Å². The average Bonchev–Trinajstić information content (AvgIpc) is 2.35. The van der Waals surface area contributed by atoms with Crippen LogP contribution in [0, 0.1) is 5.41 Å². The number of likely N-dealkylation sites (N-methyl/N-ethyl adjacent to an activating group) is 1. The number of hydrogen-bond acceptors (Lipinski definition) is 3. The molecule has 0 aromatic heterocycles. The van der Waals surface area contributed by atoms with Crippen molar-refractivity contribution in [2.24, 2.45) is 11.1 Å². The first-order valence-corrected chi connectivity index (χ1v) is 6.41. The molecule has 1 unspecified atom stereocenters. The van der Waals surface area contributed by atoms with E-state index in [9.17, 15) is 4.79 Å². The van der Waals surface area contributed by atoms with Gasteiger partial charge >= 0.3 is 0 Å². The molecule has 1 atom stereocenters. The molecule has 1 amide bonds. The van der Waals surface area contributed by atoms with Crippen LogP contribution >= 0.6 is 0 Å². The van der Waals surface area contributed by atoms with Gasteiger partial charge in [-0.25, -0.2) is 0 Å². The van der Waals surface area contributed by atoms with E-state index in [2.05, 4.69) is 0 Å². The van der Waals surface area contributed by atoms with Gasteiger partial charge in [-0.1, -0.05) is 18.6 Å². The van der Waals surface area contributed by atoms with Gasteiger partial charge in [0, 0.05) is 19.0 Å². The number of para-hydroxylation sites is 2. The molecule has 1 aromatic carbocycles. The van der Waals surface area contributed by atoms with Crippen molar-refractivity contribution in [3.05, 3.63) is 24.3 Å². The van der Waals surface area contributed by atoms with Crippen molar-refractivity contribution in [3.63, 3.8) is 0 Å². The molecule has 1 fully saturated rings. The molecule has 1 heterocycles. The molecular weight excluding hydrogens is 228 g/mol. The molecule has 0 radical (unpaired) electrons. The maximum absolute atomic E-state index is 12.4. The highest BCUT2D eigenvalue weighted by Crippen LogP contribution is 2.47. The quantitative estimate of drug-likeness (QED) is 0.861. The van der Waals surface area contributed by atoms with E-state index >= 15 is 0 Å². The minimum Gasteiger partial charge on any atom is -0.478 e. The van der Waals surface area contributed by atoms with Crippen LogP contribution in [-0.4, -0.2) is 25.6 Å². The molecule has 1 aromatic rings. The normalized spacial score (nSPS) is 25.1. The van der Waals surface area contributed by atoms with Gasteiger partial charge in [0.25, 0.3) is 5.91 Å². The summed E-state index contributed by atoms with van der Waals surface area (Å²) in [5.74, 6) is 0.808. The van der Waals surface area contributed by atoms with Gasteiger partial charge in [0.15, 0.2) is 6.10 Å². The van der Waals surface area contributed by atoms with Gasteiger partial charge in [-0.2, -0.15) is 0 Å². The molecule has 2 aliphatic rings. The molecule has 4 nitrogen and oxygen atoms in total. The molecule has 1 aliphatic heterocycles. The molecular formula is C14H18N2O2. The van der Waals surface area contributed by atoms with E-state index in [4.69, 9.17) is 10.5 Å². The lowest BCUT2D eigenvalue weighted by Crippen LogP contribution is -2.58. The molecule has 4 heteroatoms. The number of carbonyl (C=O) groups excluding carboxylic acids is 1. The number of anilines is 1. The SMILES string of the molecule is CN1C(=O)C(C2(CN)CCC2)Oc2ccccc21. The molecule has 96 valence electrons. The molecule has 1 saturated carbocycles. The Balaban J connectivity index is 1.98. The summed E-state index contributed by atoms with van der Waals surface area (Å²) in [5, 5.41) is 0. The maximum atomic E-state index is 12.4. The summed E-state index contributed by atoms with van der Waals surface area (Å²) in [6.45, 7) is 0.513. The first-order valence-electron chi connectivity index (χ1n) is 6.41. The zero-order valence-corrected chi connectivity index (χ0v) is 10.6. The fourth-order valence-corrected chi connectivity index (χ4v) is 2.90. The lowest BCUT2D eigenvalue weighted by Gasteiger charge is -2.48. The van der Waals surface area contributed by atoms with Gasteiger partial charge in [0.05, 0.1) is 5.69 Å². The van der Waals surface area contributed by atoms with Crippen molar-refractivity contribution in [1.29, 1.82) is 0 Å². The fraction of sp³-hybridized carbons (Fsp3) is 0.500. The summed E-state index contributed by atoms with van der Waals surface area (Å²) in [7, 11) is 1.81. The fourth-order valence-electron chi connectivity index (χ4n) is 2.90. The van der Waals surface area contributed by atoms with Crippen molar-refractivity contribution in [2.45, 2.75) is 25.4 Å². The van der Waals surface area contributed by atoms with E-state index in [1.165, 1.54) is 0 Å². The second-order valence-electron chi connectivity index (χ2n) is 5.28. The van der Waals surface area contributed by atoms with Crippen LogP contribution in [0.3, 0.4) is 0 Å². The Hall–Kier alpha value is -1.55. The van der Waals surface area contributed by atoms with Crippen LogP contribution < -0.4 is 15.4 Å². The number of ether oxygens (including phenoxy) is 1. The molecule has 1 aliphatic carbocycles. The van der Waals surface area contributed by atoms with Crippen LogP contribution in [0.15, 0.2) is 24.3 Å². The molecule has 18 heavy (non-hydrogen) atoms. The second-order valence-corrected chi connectivity index (χ2v) is 5.28. The van der Waals surface area contributed by atoms with Crippen LogP contribution in [0.5, 0.6) is 5.75 Å². The smallest absolute Gasteiger partial charge is 0.268 e. The number of nitrogens with two attached hydrogens (primary N) is 1. The van der Waals surface area contributed by atoms with Crippen molar-refractivity contribution in [2.75, 3.05) is 18.5 Å². The standard InChI is InChI=1S/C14H18N2O2/c1-16-10-5-2-3-6-11(10)18-12(13(16)17)14(9-15)7-4-8-14/h2-3,5-6,12H,4,7-9,15H2,1H3. The molecule has 3 rings (SSSR count). The second kappa shape index (κ2) is 3.99. The van der Waals surface area contributed by atoms with Crippen molar-refractivity contribution >= 4 is 11.6 Å². The Morgan fingerprint density at radius 1 is 1.44 bits per heavy atom. The van der Waals surface area contributed by atoms with Crippen molar-refractivity contribution in [3.8, 4) is 5.75 Å². The minimum atomic E-state index is -0.420. The summed E-state index contributed by atoms with van der Waals surface area (Å²) < 4.78 is 5.94. The van der Waals surface area contributed by atoms with E-state index in [0.717, 1.165) is 30.7 Å². The Labute approximate surface area is 107 Å². The Kier molecular flexibility index (Phi) is 2.55. The van der Waals surface area contributed by atoms with Crippen LogP contribution in [0.4, 0.5) is 5.69 Å². The first-order chi connectivity index (χ1) is 8.68. The summed E-state index contributed by atoms with van der Waals surface area (Å²) in [6, 6.07) is 7.65. The third-order valence-corrected chi connectivity index (χ3v) is 4.34. The van der Waals surface area contributed by atoms with Crippen molar-refractivity contribution in [1.82, 2.24) is 0 Å².